The Balaban J connectivity index is 3.30. The zero-order chi connectivity index (χ0) is 11.9. The van der Waals surface area contributed by atoms with Gasteiger partial charge < -0.3 is 0 Å². The highest BCUT2D eigenvalue weighted by atomic mass is 32.3. The molecule has 0 radical (unpaired) electrons. The Bertz CT molecular complexity index is 332. The molecule has 0 fully saturated rings. The van der Waals surface area contributed by atoms with Crippen LogP contribution in [-0.2, 0) is 6.18 Å². The molecule has 0 atom stereocenters. The summed E-state index contributed by atoms with van der Waals surface area (Å²) in [5.74, 6) is 0. The maximum atomic E-state index is 12.3. The monoisotopic (exact) mass is 248 g/mol. The number of hydrogen-bond acceptors (Lipinski definition) is 0. The zero-order valence-corrected chi connectivity index (χ0v) is 8.22. The summed E-state index contributed by atoms with van der Waals surface area (Å²) in [4.78, 5) is -1.20. The Labute approximate surface area is 84.1 Å². The van der Waals surface area contributed by atoms with Gasteiger partial charge in [0.15, 0.2) is 0 Å². The first-order valence-corrected chi connectivity index (χ1v) is 5.05. The van der Waals surface area contributed by atoms with Crippen LogP contribution in [0.15, 0.2) is 23.1 Å². The van der Waals surface area contributed by atoms with Gasteiger partial charge in [0, 0.05) is 0 Å². The van der Waals surface area contributed by atoms with Gasteiger partial charge in [0.25, 0.3) is 0 Å². The van der Waals surface area contributed by atoms with Crippen molar-refractivity contribution in [1.29, 1.82) is 0 Å². The average molecular weight is 248 g/mol. The van der Waals surface area contributed by atoms with Crippen LogP contribution in [0.5, 0.6) is 0 Å². The molecule has 0 saturated carbocycles. The summed E-state index contributed by atoms with van der Waals surface area (Å²) in [6.45, 7) is 1.20. The summed E-state index contributed by atoms with van der Waals surface area (Å²) in [6, 6.07) is 1.54. The number of alkyl halides is 3. The van der Waals surface area contributed by atoms with E-state index in [1.165, 1.54) is 6.92 Å². The van der Waals surface area contributed by atoms with Crippen LogP contribution >= 0.6 is 11.2 Å². The minimum atomic E-state index is -5.61. The Hall–Kier alpha value is -0.850. The summed E-state index contributed by atoms with van der Waals surface area (Å²) in [7, 11) is 0. The maximum absolute atomic E-state index is 12.3. The molecule has 0 unspecified atom stereocenters. The van der Waals surface area contributed by atoms with E-state index in [0.29, 0.717) is 12.1 Å². The fraction of sp³-hybridized carbons (Fsp3) is 0.250. The van der Waals surface area contributed by atoms with Gasteiger partial charge in [-0.1, -0.05) is 0 Å². The van der Waals surface area contributed by atoms with Gasteiger partial charge in [-0.3, -0.25) is 0 Å². The fourth-order valence-electron chi connectivity index (χ4n) is 1.05. The number of rotatable bonds is 1. The third-order valence-corrected chi connectivity index (χ3v) is 2.42. The number of hydrogen-bond donors (Lipinski definition) is 0. The summed E-state index contributed by atoms with van der Waals surface area (Å²) in [5, 5.41) is 0. The number of benzene rings is 1. The Morgan fingerprint density at radius 1 is 1.00 bits per heavy atom. The molecule has 0 aliphatic carbocycles. The van der Waals surface area contributed by atoms with Crippen molar-refractivity contribution < 1.29 is 24.8 Å². The highest BCUT2D eigenvalue weighted by Crippen LogP contribution is 2.61. The molecule has 0 aromatic heterocycles. The molecule has 0 amide bonds. The summed E-state index contributed by atoms with van der Waals surface area (Å²) in [6.07, 6.45) is -4.74. The van der Waals surface area contributed by atoms with Crippen LogP contribution in [-0.4, -0.2) is 0 Å². The molecular weight excluding hydrogens is 242 g/mol. The highest BCUT2D eigenvalue weighted by Gasteiger charge is 2.34. The number of halogens is 6. The van der Waals surface area contributed by atoms with Gasteiger partial charge >= 0.3 is 6.18 Å². The molecule has 0 nitrogen and oxygen atoms in total. The second-order valence-corrected chi connectivity index (χ2v) is 4.22. The van der Waals surface area contributed by atoms with Gasteiger partial charge in [-0.05, 0) is 30.7 Å². The van der Waals surface area contributed by atoms with Gasteiger partial charge in [-0.15, -0.1) is 11.7 Å². The predicted octanol–water partition coefficient (Wildman–Crippen LogP) is 4.83. The Morgan fingerprint density at radius 2 is 1.53 bits per heavy atom. The van der Waals surface area contributed by atoms with E-state index in [2.05, 4.69) is 0 Å². The third kappa shape index (κ3) is 3.05. The van der Waals surface area contributed by atoms with Crippen molar-refractivity contribution in [2.24, 2.45) is 0 Å². The van der Waals surface area contributed by atoms with Crippen LogP contribution in [0.1, 0.15) is 11.1 Å². The third-order valence-electron chi connectivity index (χ3n) is 1.65. The maximum Gasteiger partial charge on any atom is 0.416 e. The molecule has 7 heteroatoms. The normalized spacial score (nSPS) is 14.1. The second kappa shape index (κ2) is 3.62. The molecule has 1 rings (SSSR count). The molecular formula is C8H6F6S. The second-order valence-electron chi connectivity index (χ2n) is 2.94. The lowest BCUT2D eigenvalue weighted by Gasteiger charge is -2.14. The molecule has 0 bridgehead atoms. The van der Waals surface area contributed by atoms with E-state index in [9.17, 15) is 24.8 Å². The molecule has 0 spiro atoms. The van der Waals surface area contributed by atoms with Crippen LogP contribution in [0.25, 0.3) is 0 Å². The largest absolute Gasteiger partial charge is 0.416 e. The SMILES string of the molecule is Cc1cc(C(F)(F)F)cc(S(F)(F)F)c1. The van der Waals surface area contributed by atoms with Crippen molar-refractivity contribution in [2.45, 2.75) is 18.0 Å². The first-order chi connectivity index (χ1) is 6.60. The minimum absolute atomic E-state index is 0.0513. The molecule has 1 aromatic rings. The van der Waals surface area contributed by atoms with Gasteiger partial charge in [-0.2, -0.15) is 13.2 Å². The van der Waals surface area contributed by atoms with Crippen LogP contribution in [0.3, 0.4) is 0 Å². The van der Waals surface area contributed by atoms with Crippen molar-refractivity contribution in [3.8, 4) is 0 Å². The van der Waals surface area contributed by atoms with Crippen molar-refractivity contribution >= 4 is 11.2 Å². The molecule has 86 valence electrons. The Kier molecular flexibility index (Phi) is 2.95. The molecule has 0 N–H and O–H groups in total. The fourth-order valence-corrected chi connectivity index (χ4v) is 1.63. The lowest BCUT2D eigenvalue weighted by molar-refractivity contribution is -0.137. The van der Waals surface area contributed by atoms with Crippen molar-refractivity contribution in [1.82, 2.24) is 0 Å². The van der Waals surface area contributed by atoms with E-state index in [1.54, 1.807) is 0 Å². The van der Waals surface area contributed by atoms with Crippen LogP contribution in [0, 0.1) is 6.92 Å². The first kappa shape index (κ1) is 12.2. The number of aryl methyl sites for hydroxylation is 1. The van der Waals surface area contributed by atoms with Crippen molar-refractivity contribution in [3.63, 3.8) is 0 Å². The summed E-state index contributed by atoms with van der Waals surface area (Å²) >= 11 is -5.61. The average Bonchev–Trinajstić information content (AvgIpc) is 1.99. The quantitative estimate of drug-likeness (QED) is 0.624. The molecule has 1 aromatic carbocycles. The lowest BCUT2D eigenvalue weighted by Crippen LogP contribution is -2.05. The van der Waals surface area contributed by atoms with Gasteiger partial charge in [0.1, 0.15) is 0 Å². The smallest absolute Gasteiger partial charge is 0.166 e. The standard InChI is InChI=1S/C8H6F6S/c1-5-2-6(8(9,10)11)4-7(3-5)15(12,13)14/h2-4H,1H3. The highest BCUT2D eigenvalue weighted by molar-refractivity contribution is 8.20. The van der Waals surface area contributed by atoms with Gasteiger partial charge in [-0.25, -0.2) is 0 Å². The van der Waals surface area contributed by atoms with Crippen LogP contribution in [0.4, 0.5) is 24.8 Å². The molecule has 0 heterocycles. The van der Waals surface area contributed by atoms with Crippen LogP contribution < -0.4 is 0 Å². The molecule has 0 aliphatic heterocycles. The summed E-state index contributed by atoms with van der Waals surface area (Å²) in [5.41, 5.74) is -1.31. The summed E-state index contributed by atoms with van der Waals surface area (Å²) < 4.78 is 73.3. The lowest BCUT2D eigenvalue weighted by atomic mass is 10.1. The van der Waals surface area contributed by atoms with Crippen LogP contribution in [0.2, 0.25) is 0 Å². The van der Waals surface area contributed by atoms with Crippen molar-refractivity contribution in [3.05, 3.63) is 29.3 Å². The predicted molar refractivity (Wildman–Crippen MR) is 45.4 cm³/mol. The van der Waals surface area contributed by atoms with Gasteiger partial charge in [0.2, 0.25) is 11.2 Å². The minimum Gasteiger partial charge on any atom is -0.166 e. The first-order valence-electron chi connectivity index (χ1n) is 3.72. The van der Waals surface area contributed by atoms with E-state index in [4.69, 9.17) is 0 Å². The zero-order valence-electron chi connectivity index (χ0n) is 7.41. The van der Waals surface area contributed by atoms with E-state index in [0.717, 1.165) is 0 Å². The Morgan fingerprint density at radius 3 is 1.93 bits per heavy atom. The van der Waals surface area contributed by atoms with E-state index in [1.807, 2.05) is 0 Å². The van der Waals surface area contributed by atoms with E-state index < -0.39 is 27.8 Å². The van der Waals surface area contributed by atoms with E-state index >= 15 is 0 Å². The molecule has 0 saturated heterocycles. The topological polar surface area (TPSA) is 0 Å². The van der Waals surface area contributed by atoms with E-state index in [-0.39, 0.29) is 11.6 Å². The van der Waals surface area contributed by atoms with Crippen molar-refractivity contribution in [2.75, 3.05) is 0 Å². The van der Waals surface area contributed by atoms with Gasteiger partial charge in [0.05, 0.1) is 10.5 Å². The molecule has 0 aliphatic rings. The molecule has 15 heavy (non-hydrogen) atoms.